The molecule has 0 saturated heterocycles. The van der Waals surface area contributed by atoms with Crippen LogP contribution in [0.5, 0.6) is 5.75 Å². The van der Waals surface area contributed by atoms with Gasteiger partial charge in [0.1, 0.15) is 10.8 Å². The summed E-state index contributed by atoms with van der Waals surface area (Å²) in [5.74, 6) is 1.88. The number of amides is 1. The number of aromatic nitrogens is 3. The van der Waals surface area contributed by atoms with Gasteiger partial charge in [-0.2, -0.15) is 4.98 Å². The zero-order valence-electron chi connectivity index (χ0n) is 17.8. The van der Waals surface area contributed by atoms with Crippen LogP contribution in [-0.2, 0) is 11.2 Å². The molecule has 0 unspecified atom stereocenters. The second kappa shape index (κ2) is 10.7. The van der Waals surface area contributed by atoms with Gasteiger partial charge in [0, 0.05) is 24.6 Å². The molecular weight excluding hydrogens is 424 g/mol. The van der Waals surface area contributed by atoms with Gasteiger partial charge in [-0.1, -0.05) is 23.7 Å². The first-order valence-corrected chi connectivity index (χ1v) is 11.3. The van der Waals surface area contributed by atoms with Crippen molar-refractivity contribution in [2.24, 2.45) is 0 Å². The minimum Gasteiger partial charge on any atom is -0.497 e. The van der Waals surface area contributed by atoms with Gasteiger partial charge >= 0.3 is 0 Å². The Morgan fingerprint density at radius 2 is 1.94 bits per heavy atom. The second-order valence-corrected chi connectivity index (χ2v) is 8.26. The van der Waals surface area contributed by atoms with Crippen LogP contribution < -0.4 is 10.1 Å². The molecule has 1 N–H and O–H groups in total. The number of hydrogen-bond donors (Lipinski definition) is 1. The molecule has 0 atom stereocenters. The predicted octanol–water partition coefficient (Wildman–Crippen LogP) is 4.90. The third-order valence-electron chi connectivity index (χ3n) is 4.87. The van der Waals surface area contributed by atoms with Gasteiger partial charge in [0.25, 0.3) is 0 Å². The number of nitrogens with one attached hydrogen (secondary N) is 1. The summed E-state index contributed by atoms with van der Waals surface area (Å²) in [6.07, 6.45) is 6.78. The van der Waals surface area contributed by atoms with E-state index >= 15 is 0 Å². The molecule has 164 valence electrons. The maximum absolute atomic E-state index is 12.0. The molecular formula is C24H24N4O3S. The number of benzene rings is 2. The summed E-state index contributed by atoms with van der Waals surface area (Å²) in [4.78, 5) is 20.9. The molecule has 0 aliphatic heterocycles. The second-order valence-electron chi connectivity index (χ2n) is 7.20. The highest BCUT2D eigenvalue weighted by molar-refractivity contribution is 7.19. The van der Waals surface area contributed by atoms with Crippen molar-refractivity contribution in [3.05, 3.63) is 65.5 Å². The van der Waals surface area contributed by atoms with Crippen molar-refractivity contribution in [1.29, 1.82) is 0 Å². The highest BCUT2D eigenvalue weighted by Gasteiger charge is 2.08. The van der Waals surface area contributed by atoms with Gasteiger partial charge in [-0.3, -0.25) is 4.79 Å². The van der Waals surface area contributed by atoms with Crippen LogP contribution in [0.3, 0.4) is 0 Å². The number of para-hydroxylation sites is 1. The summed E-state index contributed by atoms with van der Waals surface area (Å²) in [6.45, 7) is 0.629. The fraction of sp³-hybridized carbons (Fsp3) is 0.250. The van der Waals surface area contributed by atoms with Crippen molar-refractivity contribution in [2.75, 3.05) is 13.7 Å². The number of ether oxygens (including phenoxy) is 1. The molecule has 0 saturated carbocycles. The van der Waals surface area contributed by atoms with E-state index in [9.17, 15) is 4.79 Å². The van der Waals surface area contributed by atoms with Crippen molar-refractivity contribution < 1.29 is 14.1 Å². The van der Waals surface area contributed by atoms with Crippen LogP contribution in [-0.4, -0.2) is 34.7 Å². The van der Waals surface area contributed by atoms with E-state index in [4.69, 9.17) is 9.26 Å². The fourth-order valence-corrected chi connectivity index (χ4v) is 4.04. The number of fused-ring (bicyclic) bond motifs is 1. The largest absolute Gasteiger partial charge is 0.497 e. The molecule has 7 nitrogen and oxygen atoms in total. The number of carbonyl (C=O) groups excluding carboxylic acids is 1. The number of nitrogens with zero attached hydrogens (tertiary/aromatic N) is 3. The quantitative estimate of drug-likeness (QED) is 0.274. The molecule has 0 fully saturated rings. The molecule has 0 bridgehead atoms. The molecule has 0 aliphatic rings. The number of methoxy groups -OCH3 is 1. The van der Waals surface area contributed by atoms with Gasteiger partial charge in [-0.15, -0.1) is 11.3 Å². The Morgan fingerprint density at radius 3 is 2.75 bits per heavy atom. The third kappa shape index (κ3) is 5.79. The van der Waals surface area contributed by atoms with Crippen molar-refractivity contribution in [1.82, 2.24) is 20.4 Å². The Kier molecular flexibility index (Phi) is 7.24. The highest BCUT2D eigenvalue weighted by atomic mass is 32.1. The summed E-state index contributed by atoms with van der Waals surface area (Å²) in [6, 6.07) is 15.5. The van der Waals surface area contributed by atoms with Gasteiger partial charge in [0.2, 0.25) is 17.6 Å². The lowest BCUT2D eigenvalue weighted by atomic mass is 10.2. The predicted molar refractivity (Wildman–Crippen MR) is 126 cm³/mol. The Morgan fingerprint density at radius 1 is 1.09 bits per heavy atom. The van der Waals surface area contributed by atoms with Crippen LogP contribution in [0, 0.1) is 0 Å². The normalized spacial score (nSPS) is 11.3. The zero-order chi connectivity index (χ0) is 22.2. The molecule has 0 aliphatic carbocycles. The maximum Gasteiger partial charge on any atom is 0.244 e. The number of carbonyl (C=O) groups is 1. The van der Waals surface area contributed by atoms with E-state index < -0.39 is 0 Å². The van der Waals surface area contributed by atoms with Gasteiger partial charge in [-0.05, 0) is 55.3 Å². The molecule has 1 amide bonds. The minimum absolute atomic E-state index is 0.106. The van der Waals surface area contributed by atoms with Crippen LogP contribution >= 0.6 is 11.3 Å². The summed E-state index contributed by atoms with van der Waals surface area (Å²) >= 11 is 1.57. The topological polar surface area (TPSA) is 90.1 Å². The van der Waals surface area contributed by atoms with Crippen LogP contribution in [0.2, 0.25) is 0 Å². The number of thiazole rings is 1. The molecule has 32 heavy (non-hydrogen) atoms. The van der Waals surface area contributed by atoms with Crippen molar-refractivity contribution in [3.8, 4) is 17.1 Å². The van der Waals surface area contributed by atoms with E-state index in [0.717, 1.165) is 45.8 Å². The van der Waals surface area contributed by atoms with Crippen LogP contribution in [0.4, 0.5) is 0 Å². The number of aryl methyl sites for hydroxylation is 1. The fourth-order valence-electron chi connectivity index (χ4n) is 3.17. The zero-order valence-corrected chi connectivity index (χ0v) is 18.6. The molecule has 2 aromatic heterocycles. The standard InChI is InChI=1S/C24H24N4O3S/c1-30-18-12-10-17(11-13-18)24-27-22(31-28-24)9-3-2-6-16-25-21(29)14-15-23-26-19-7-4-5-8-20(19)32-23/h4-5,7-8,10-15H,2-3,6,9,16H2,1H3,(H,25,29). The van der Waals surface area contributed by atoms with E-state index in [0.29, 0.717) is 24.7 Å². The van der Waals surface area contributed by atoms with Gasteiger partial charge in [0.05, 0.1) is 17.3 Å². The third-order valence-corrected chi connectivity index (χ3v) is 5.87. The lowest BCUT2D eigenvalue weighted by molar-refractivity contribution is -0.116. The molecule has 0 spiro atoms. The number of rotatable bonds is 10. The number of hydrogen-bond acceptors (Lipinski definition) is 7. The first-order chi connectivity index (χ1) is 15.7. The lowest BCUT2D eigenvalue weighted by Crippen LogP contribution is -2.21. The molecule has 4 rings (SSSR count). The summed E-state index contributed by atoms with van der Waals surface area (Å²) in [5.41, 5.74) is 1.84. The maximum atomic E-state index is 12.0. The summed E-state index contributed by atoms with van der Waals surface area (Å²) in [7, 11) is 1.63. The SMILES string of the molecule is COc1ccc(-c2noc(CCCCCNC(=O)C=Cc3nc4ccccc4s3)n2)cc1. The molecule has 4 aromatic rings. The summed E-state index contributed by atoms with van der Waals surface area (Å²) in [5, 5.41) is 7.78. The smallest absolute Gasteiger partial charge is 0.244 e. The monoisotopic (exact) mass is 448 g/mol. The Labute approximate surface area is 190 Å². The molecule has 8 heteroatoms. The van der Waals surface area contributed by atoms with Gasteiger partial charge < -0.3 is 14.6 Å². The summed E-state index contributed by atoms with van der Waals surface area (Å²) < 4.78 is 11.6. The molecule has 2 heterocycles. The average molecular weight is 449 g/mol. The van der Waals surface area contributed by atoms with E-state index in [1.165, 1.54) is 6.08 Å². The average Bonchev–Trinajstić information content (AvgIpc) is 3.47. The van der Waals surface area contributed by atoms with Crippen LogP contribution in [0.1, 0.15) is 30.2 Å². The molecule has 2 aromatic carbocycles. The first-order valence-electron chi connectivity index (χ1n) is 10.5. The number of unbranched alkanes of at least 4 members (excludes halogenated alkanes) is 2. The highest BCUT2D eigenvalue weighted by Crippen LogP contribution is 2.22. The minimum atomic E-state index is -0.106. The Balaban J connectivity index is 1.13. The van der Waals surface area contributed by atoms with E-state index in [-0.39, 0.29) is 5.91 Å². The van der Waals surface area contributed by atoms with Crippen molar-refractivity contribution in [3.63, 3.8) is 0 Å². The van der Waals surface area contributed by atoms with Crippen molar-refractivity contribution in [2.45, 2.75) is 25.7 Å². The van der Waals surface area contributed by atoms with Gasteiger partial charge in [0.15, 0.2) is 0 Å². The first kappa shape index (κ1) is 21.7. The van der Waals surface area contributed by atoms with Crippen molar-refractivity contribution >= 4 is 33.5 Å². The van der Waals surface area contributed by atoms with E-state index in [2.05, 4.69) is 20.4 Å². The Hall–Kier alpha value is -3.52. The molecule has 0 radical (unpaired) electrons. The van der Waals surface area contributed by atoms with Crippen LogP contribution in [0.25, 0.3) is 27.7 Å². The van der Waals surface area contributed by atoms with Gasteiger partial charge in [-0.25, -0.2) is 4.98 Å². The lowest BCUT2D eigenvalue weighted by Gasteiger charge is -2.01. The van der Waals surface area contributed by atoms with E-state index in [1.54, 1.807) is 24.5 Å². The van der Waals surface area contributed by atoms with E-state index in [1.807, 2.05) is 48.5 Å². The Bertz CT molecular complexity index is 1160. The van der Waals surface area contributed by atoms with Crippen LogP contribution in [0.15, 0.2) is 59.1 Å².